The number of aromatic nitrogens is 2. The zero-order chi connectivity index (χ0) is 22.8. The van der Waals surface area contributed by atoms with Gasteiger partial charge in [-0.25, -0.2) is 9.18 Å². The van der Waals surface area contributed by atoms with E-state index in [1.165, 1.54) is 25.3 Å². The maximum absolute atomic E-state index is 13.1. The molecule has 3 N–H and O–H groups in total. The van der Waals surface area contributed by atoms with Crippen molar-refractivity contribution in [1.82, 2.24) is 10.2 Å². The van der Waals surface area contributed by atoms with E-state index in [0.717, 1.165) is 5.56 Å². The minimum Gasteiger partial charge on any atom is -0.495 e. The van der Waals surface area contributed by atoms with Crippen molar-refractivity contribution < 1.29 is 23.5 Å². The molecule has 31 heavy (non-hydrogen) atoms. The van der Waals surface area contributed by atoms with Crippen molar-refractivity contribution in [2.75, 3.05) is 7.11 Å². The third kappa shape index (κ3) is 4.97. The quantitative estimate of drug-likeness (QED) is 0.354. The molecule has 0 aliphatic carbocycles. The highest BCUT2D eigenvalue weighted by Crippen LogP contribution is 2.33. The predicted octanol–water partition coefficient (Wildman–Crippen LogP) is 3.73. The summed E-state index contributed by atoms with van der Waals surface area (Å²) < 4.78 is 23.8. The summed E-state index contributed by atoms with van der Waals surface area (Å²) in [4.78, 5) is 25.2. The highest BCUT2D eigenvalue weighted by Gasteiger charge is 2.31. The predicted molar refractivity (Wildman–Crippen MR) is 116 cm³/mol. The van der Waals surface area contributed by atoms with Crippen LogP contribution in [0.25, 0.3) is 23.1 Å². The molecule has 3 rings (SSSR count). The van der Waals surface area contributed by atoms with Gasteiger partial charge >= 0.3 is 5.97 Å². The molecule has 1 heterocycles. The number of carbonyl (C=O) groups excluding carboxylic acids is 2. The van der Waals surface area contributed by atoms with Crippen LogP contribution in [0, 0.1) is 5.82 Å². The Kier molecular flexibility index (Phi) is 6.21. The fraction of sp³-hybridized carbons (Fsp3) is 0.261. The van der Waals surface area contributed by atoms with Gasteiger partial charge in [0.1, 0.15) is 17.2 Å². The average Bonchev–Trinajstić information content (AvgIpc) is 3.13. The van der Waals surface area contributed by atoms with Crippen LogP contribution in [0.3, 0.4) is 0 Å². The molecule has 1 aromatic heterocycles. The summed E-state index contributed by atoms with van der Waals surface area (Å²) in [5.74, 6) is -1.52. The summed E-state index contributed by atoms with van der Waals surface area (Å²) in [7, 11) is 1.42. The number of Topliss-reactive ketones (excluding diaryl/α,β-unsaturated/α-hetero) is 1. The molecule has 0 aliphatic heterocycles. The number of hydrogen-bond donors (Lipinski definition) is 2. The first-order chi connectivity index (χ1) is 14.6. The van der Waals surface area contributed by atoms with Gasteiger partial charge in [0.15, 0.2) is 11.8 Å². The molecule has 0 saturated carbocycles. The topological polar surface area (TPSA) is 107 Å². The molecule has 162 valence electrons. The summed E-state index contributed by atoms with van der Waals surface area (Å²) >= 11 is 0. The van der Waals surface area contributed by atoms with E-state index in [-0.39, 0.29) is 17.1 Å². The Bertz CT molecular complexity index is 1140. The van der Waals surface area contributed by atoms with Crippen molar-refractivity contribution in [2.24, 2.45) is 5.73 Å². The number of aromatic amines is 1. The number of hydrogen-bond acceptors (Lipinski definition) is 6. The molecule has 0 bridgehead atoms. The van der Waals surface area contributed by atoms with Gasteiger partial charge in [0.05, 0.1) is 29.3 Å². The number of halogens is 1. The second-order valence-corrected chi connectivity index (χ2v) is 7.94. The van der Waals surface area contributed by atoms with E-state index in [0.29, 0.717) is 16.6 Å². The molecule has 0 aliphatic rings. The Balaban J connectivity index is 1.98. The Morgan fingerprint density at radius 1 is 1.13 bits per heavy atom. The largest absolute Gasteiger partial charge is 0.495 e. The summed E-state index contributed by atoms with van der Waals surface area (Å²) in [5.41, 5.74) is 7.18. The van der Waals surface area contributed by atoms with Gasteiger partial charge in [-0.15, -0.1) is 0 Å². The zero-order valence-electron chi connectivity index (χ0n) is 17.7. The first-order valence-corrected chi connectivity index (χ1v) is 9.62. The second-order valence-electron chi connectivity index (χ2n) is 7.94. The van der Waals surface area contributed by atoms with Crippen LogP contribution in [0.5, 0.6) is 5.75 Å². The van der Waals surface area contributed by atoms with Crippen LogP contribution < -0.4 is 10.5 Å². The minimum atomic E-state index is -1.49. The number of ether oxygens (including phenoxy) is 2. The SMILES string of the molecule is COc1c(C(=O)C(N)C(=O)OC(C)(C)C)ccc2n[nH]c(/C=C/c3ccc(F)cc3)c12. The first kappa shape index (κ1) is 22.2. The van der Waals surface area contributed by atoms with Crippen LogP contribution in [0.15, 0.2) is 36.4 Å². The molecule has 1 unspecified atom stereocenters. The number of benzene rings is 2. The van der Waals surface area contributed by atoms with E-state index in [2.05, 4.69) is 10.2 Å². The van der Waals surface area contributed by atoms with Crippen LogP contribution >= 0.6 is 0 Å². The van der Waals surface area contributed by atoms with Gasteiger partial charge in [-0.05, 0) is 56.7 Å². The molecular weight excluding hydrogens is 401 g/mol. The fourth-order valence-corrected chi connectivity index (χ4v) is 3.02. The van der Waals surface area contributed by atoms with Gasteiger partial charge in [-0.1, -0.05) is 18.2 Å². The fourth-order valence-electron chi connectivity index (χ4n) is 3.02. The molecule has 0 radical (unpaired) electrons. The van der Waals surface area contributed by atoms with Crippen LogP contribution in [0.4, 0.5) is 4.39 Å². The van der Waals surface area contributed by atoms with Crippen molar-refractivity contribution in [3.63, 3.8) is 0 Å². The van der Waals surface area contributed by atoms with Crippen molar-refractivity contribution in [3.8, 4) is 5.75 Å². The van der Waals surface area contributed by atoms with Crippen molar-refractivity contribution >= 4 is 34.8 Å². The molecule has 7 nitrogen and oxygen atoms in total. The Hall–Kier alpha value is -3.52. The van der Waals surface area contributed by atoms with Gasteiger partial charge in [-0.2, -0.15) is 5.10 Å². The van der Waals surface area contributed by atoms with E-state index in [9.17, 15) is 14.0 Å². The third-order valence-electron chi connectivity index (χ3n) is 4.43. The highest BCUT2D eigenvalue weighted by molar-refractivity contribution is 6.15. The maximum Gasteiger partial charge on any atom is 0.331 e. The number of carbonyl (C=O) groups is 2. The molecule has 0 saturated heterocycles. The zero-order valence-corrected chi connectivity index (χ0v) is 17.7. The van der Waals surface area contributed by atoms with Crippen LogP contribution in [-0.4, -0.2) is 40.7 Å². The van der Waals surface area contributed by atoms with E-state index >= 15 is 0 Å². The summed E-state index contributed by atoms with van der Waals surface area (Å²) in [6.07, 6.45) is 3.51. The third-order valence-corrected chi connectivity index (χ3v) is 4.43. The van der Waals surface area contributed by atoms with Crippen LogP contribution in [0.2, 0.25) is 0 Å². The summed E-state index contributed by atoms with van der Waals surface area (Å²) in [5, 5.41) is 7.68. The number of ketones is 1. The minimum absolute atomic E-state index is 0.145. The number of nitrogens with two attached hydrogens (primary N) is 1. The standard InChI is InChI=1S/C23H24FN3O4/c1-23(2,3)31-22(29)19(25)20(28)15-10-12-17-18(21(15)30-4)16(26-27-17)11-7-13-5-8-14(24)9-6-13/h5-12,19H,25H2,1-4H3,(H,26,27)/b11-7+. The Labute approximate surface area is 179 Å². The van der Waals surface area contributed by atoms with Gasteiger partial charge in [0.25, 0.3) is 0 Å². The number of fused-ring (bicyclic) bond motifs is 1. The number of rotatable bonds is 6. The smallest absolute Gasteiger partial charge is 0.331 e. The lowest BCUT2D eigenvalue weighted by molar-refractivity contribution is -0.155. The van der Waals surface area contributed by atoms with Crippen molar-refractivity contribution in [2.45, 2.75) is 32.4 Å². The molecule has 0 fully saturated rings. The van der Waals surface area contributed by atoms with Gasteiger partial charge in [0, 0.05) is 0 Å². The lowest BCUT2D eigenvalue weighted by atomic mass is 10.00. The maximum atomic E-state index is 13.1. The summed E-state index contributed by atoms with van der Waals surface area (Å²) in [6.45, 7) is 5.08. The molecule has 0 amide bonds. The van der Waals surface area contributed by atoms with Crippen molar-refractivity contribution in [3.05, 3.63) is 59.0 Å². The van der Waals surface area contributed by atoms with Crippen molar-refractivity contribution in [1.29, 1.82) is 0 Å². The molecule has 1 atom stereocenters. The van der Waals surface area contributed by atoms with Gasteiger partial charge < -0.3 is 15.2 Å². The van der Waals surface area contributed by atoms with E-state index in [1.807, 2.05) is 0 Å². The number of nitrogens with zero attached hydrogens (tertiary/aromatic N) is 1. The molecule has 2 aromatic carbocycles. The molecule has 0 spiro atoms. The molecule has 3 aromatic rings. The second kappa shape index (κ2) is 8.69. The number of methoxy groups -OCH3 is 1. The average molecular weight is 425 g/mol. The van der Waals surface area contributed by atoms with Crippen LogP contribution in [0.1, 0.15) is 42.4 Å². The van der Waals surface area contributed by atoms with E-state index in [1.54, 1.807) is 51.1 Å². The monoisotopic (exact) mass is 425 g/mol. The Morgan fingerprint density at radius 2 is 1.81 bits per heavy atom. The summed E-state index contributed by atoms with van der Waals surface area (Å²) in [6, 6.07) is 7.66. The highest BCUT2D eigenvalue weighted by atomic mass is 19.1. The van der Waals surface area contributed by atoms with Gasteiger partial charge in [0.2, 0.25) is 0 Å². The Morgan fingerprint density at radius 3 is 2.42 bits per heavy atom. The number of H-pyrrole nitrogens is 1. The van der Waals surface area contributed by atoms with Gasteiger partial charge in [-0.3, -0.25) is 9.89 Å². The number of esters is 1. The lowest BCUT2D eigenvalue weighted by Crippen LogP contribution is -2.43. The lowest BCUT2D eigenvalue weighted by Gasteiger charge is -2.22. The van der Waals surface area contributed by atoms with E-state index < -0.39 is 23.4 Å². The normalized spacial score (nSPS) is 12.8. The number of nitrogens with one attached hydrogen (secondary N) is 1. The molecule has 8 heteroatoms. The first-order valence-electron chi connectivity index (χ1n) is 9.62. The van der Waals surface area contributed by atoms with Crippen LogP contribution in [-0.2, 0) is 9.53 Å². The molecular formula is C23H24FN3O4. The van der Waals surface area contributed by atoms with E-state index in [4.69, 9.17) is 15.2 Å².